The molecule has 3 aromatic rings. The van der Waals surface area contributed by atoms with Crippen LogP contribution in [0.5, 0.6) is 5.75 Å². The van der Waals surface area contributed by atoms with Crippen molar-refractivity contribution in [1.82, 2.24) is 4.57 Å². The quantitative estimate of drug-likeness (QED) is 0.325. The highest BCUT2D eigenvalue weighted by Crippen LogP contribution is 2.30. The number of aliphatic hydroxyl groups is 2. The third kappa shape index (κ3) is 4.64. The summed E-state index contributed by atoms with van der Waals surface area (Å²) < 4.78 is 7.02. The number of methoxy groups -OCH3 is 1. The van der Waals surface area contributed by atoms with Crippen LogP contribution < -0.4 is 4.74 Å². The number of halogens is 1. The first kappa shape index (κ1) is 21.8. The van der Waals surface area contributed by atoms with Crippen LogP contribution in [0.25, 0.3) is 10.9 Å². The normalized spacial score (nSPS) is 12.4. The minimum absolute atomic E-state index is 0.157. The fourth-order valence-electron chi connectivity index (χ4n) is 3.25. The summed E-state index contributed by atoms with van der Waals surface area (Å²) >= 11 is 5.95. The molecule has 0 saturated heterocycles. The summed E-state index contributed by atoms with van der Waals surface area (Å²) in [5, 5.41) is 23.2. The molecule has 0 aliphatic carbocycles. The summed E-state index contributed by atoms with van der Waals surface area (Å²) in [6.07, 6.45) is 0.557. The number of nitrogens with zero attached hydrogens (tertiary/aromatic N) is 2. The van der Waals surface area contributed by atoms with Gasteiger partial charge in [-0.05, 0) is 55.0 Å². The van der Waals surface area contributed by atoms with Crippen molar-refractivity contribution < 1.29 is 24.6 Å². The molecule has 158 valence electrons. The van der Waals surface area contributed by atoms with E-state index in [1.807, 2.05) is 25.1 Å². The molecule has 0 radical (unpaired) electrons. The summed E-state index contributed by atoms with van der Waals surface area (Å²) in [7, 11) is 1.59. The Morgan fingerprint density at radius 2 is 2.00 bits per heavy atom. The number of hydrogen-bond acceptors (Lipinski definition) is 6. The van der Waals surface area contributed by atoms with Crippen molar-refractivity contribution in [3.8, 4) is 5.75 Å². The van der Waals surface area contributed by atoms with Crippen LogP contribution in [-0.2, 0) is 11.3 Å². The largest absolute Gasteiger partial charge is 0.497 e. The number of ether oxygens (including phenoxy) is 1. The lowest BCUT2D eigenvalue weighted by molar-refractivity contribution is 0.0962. The third-order valence-electron chi connectivity index (χ3n) is 4.77. The molecule has 0 spiro atoms. The number of hydrogen-bond donors (Lipinski definition) is 2. The Labute approximate surface area is 179 Å². The van der Waals surface area contributed by atoms with Crippen LogP contribution in [-0.4, -0.2) is 53.3 Å². The summed E-state index contributed by atoms with van der Waals surface area (Å²) in [5.41, 5.74) is 3.02. The smallest absolute Gasteiger partial charge is 0.262 e. The molecule has 0 aliphatic rings. The van der Waals surface area contributed by atoms with E-state index < -0.39 is 12.7 Å². The van der Waals surface area contributed by atoms with Crippen LogP contribution in [0, 0.1) is 6.92 Å². The molecule has 0 fully saturated rings. The summed E-state index contributed by atoms with van der Waals surface area (Å²) in [6, 6.07) is 12.3. The molecular formula is C22H23ClN2O5. The fraction of sp³-hybridized carbons (Fsp3) is 0.273. The van der Waals surface area contributed by atoms with Crippen molar-refractivity contribution in [2.45, 2.75) is 19.4 Å². The number of carbonyl (C=O) groups excluding carboxylic acids is 1. The van der Waals surface area contributed by atoms with Crippen molar-refractivity contribution in [1.29, 1.82) is 0 Å². The number of oxime groups is 1. The number of fused-ring (bicyclic) bond motifs is 1. The molecule has 0 aliphatic heterocycles. The Morgan fingerprint density at radius 1 is 1.27 bits per heavy atom. The molecule has 3 rings (SSSR count). The van der Waals surface area contributed by atoms with Crippen molar-refractivity contribution >= 4 is 34.6 Å². The van der Waals surface area contributed by atoms with E-state index in [0.29, 0.717) is 22.8 Å². The molecular weight excluding hydrogens is 408 g/mol. The van der Waals surface area contributed by atoms with Gasteiger partial charge < -0.3 is 19.8 Å². The Kier molecular flexibility index (Phi) is 7.10. The Morgan fingerprint density at radius 3 is 2.67 bits per heavy atom. The average molecular weight is 431 g/mol. The van der Waals surface area contributed by atoms with E-state index in [9.17, 15) is 9.90 Å². The standard InChI is InChI=1S/C22H23ClN2O5/c1-14-19(9-10-30-24-12-17(27)13-26)20-11-18(29-2)7-8-21(20)25(14)22(28)15-3-5-16(23)6-4-15/h3-8,11-12,17,26-27H,9-10,13H2,1-2H3/b24-12+. The lowest BCUT2D eigenvalue weighted by atomic mass is 10.1. The van der Waals surface area contributed by atoms with Crippen molar-refractivity contribution in [2.24, 2.45) is 5.16 Å². The van der Waals surface area contributed by atoms with E-state index >= 15 is 0 Å². The third-order valence-corrected chi connectivity index (χ3v) is 5.03. The predicted molar refractivity (Wildman–Crippen MR) is 116 cm³/mol. The minimum Gasteiger partial charge on any atom is -0.497 e. The zero-order chi connectivity index (χ0) is 21.7. The van der Waals surface area contributed by atoms with E-state index in [0.717, 1.165) is 28.4 Å². The molecule has 2 N–H and O–H groups in total. The zero-order valence-electron chi connectivity index (χ0n) is 16.7. The van der Waals surface area contributed by atoms with E-state index in [2.05, 4.69) is 5.16 Å². The fourth-order valence-corrected chi connectivity index (χ4v) is 3.38. The first-order valence-electron chi connectivity index (χ1n) is 9.38. The van der Waals surface area contributed by atoms with Crippen LogP contribution in [0.1, 0.15) is 21.6 Å². The molecule has 2 aromatic carbocycles. The van der Waals surface area contributed by atoms with Gasteiger partial charge in [0, 0.05) is 28.1 Å². The van der Waals surface area contributed by atoms with Gasteiger partial charge in [-0.3, -0.25) is 9.36 Å². The van der Waals surface area contributed by atoms with Crippen molar-refractivity contribution in [3.63, 3.8) is 0 Å². The van der Waals surface area contributed by atoms with E-state index in [1.54, 1.807) is 35.9 Å². The van der Waals surface area contributed by atoms with Gasteiger partial charge >= 0.3 is 0 Å². The van der Waals surface area contributed by atoms with Gasteiger partial charge in [0.05, 0.1) is 25.4 Å². The average Bonchev–Trinajstić information content (AvgIpc) is 3.03. The number of carbonyl (C=O) groups is 1. The second-order valence-corrected chi connectivity index (χ2v) is 7.12. The van der Waals surface area contributed by atoms with Gasteiger partial charge in [0.15, 0.2) is 0 Å². The molecule has 8 heteroatoms. The molecule has 7 nitrogen and oxygen atoms in total. The Bertz CT molecular complexity index is 1060. The molecule has 0 bridgehead atoms. The molecule has 1 unspecified atom stereocenters. The van der Waals surface area contributed by atoms with E-state index in [-0.39, 0.29) is 12.5 Å². The highest BCUT2D eigenvalue weighted by Gasteiger charge is 2.20. The van der Waals surface area contributed by atoms with Crippen LogP contribution >= 0.6 is 11.6 Å². The second kappa shape index (κ2) is 9.75. The van der Waals surface area contributed by atoms with Crippen LogP contribution in [0.15, 0.2) is 47.6 Å². The number of aliphatic hydroxyl groups excluding tert-OH is 2. The van der Waals surface area contributed by atoms with Crippen molar-refractivity contribution in [2.75, 3.05) is 20.3 Å². The molecule has 1 heterocycles. The first-order chi connectivity index (χ1) is 14.5. The van der Waals surface area contributed by atoms with Gasteiger partial charge in [-0.25, -0.2) is 0 Å². The highest BCUT2D eigenvalue weighted by atomic mass is 35.5. The maximum absolute atomic E-state index is 13.2. The molecule has 30 heavy (non-hydrogen) atoms. The highest BCUT2D eigenvalue weighted by molar-refractivity contribution is 6.30. The molecule has 0 amide bonds. The minimum atomic E-state index is -1.06. The summed E-state index contributed by atoms with van der Waals surface area (Å²) in [5.74, 6) is 0.528. The van der Waals surface area contributed by atoms with Crippen LogP contribution in [0.4, 0.5) is 0 Å². The first-order valence-corrected chi connectivity index (χ1v) is 9.76. The van der Waals surface area contributed by atoms with Crippen LogP contribution in [0.3, 0.4) is 0 Å². The van der Waals surface area contributed by atoms with E-state index in [1.165, 1.54) is 0 Å². The number of rotatable bonds is 8. The molecule has 1 atom stereocenters. The summed E-state index contributed by atoms with van der Waals surface area (Å²) in [4.78, 5) is 18.4. The Hall–Kier alpha value is -2.87. The zero-order valence-corrected chi connectivity index (χ0v) is 17.5. The topological polar surface area (TPSA) is 93.3 Å². The Balaban J connectivity index is 1.95. The lowest BCUT2D eigenvalue weighted by Gasteiger charge is -2.08. The van der Waals surface area contributed by atoms with Crippen molar-refractivity contribution in [3.05, 3.63) is 64.3 Å². The molecule has 0 saturated carbocycles. The van der Waals surface area contributed by atoms with Crippen LogP contribution in [0.2, 0.25) is 5.02 Å². The number of benzene rings is 2. The van der Waals surface area contributed by atoms with Gasteiger partial charge in [0.1, 0.15) is 18.5 Å². The SMILES string of the molecule is COc1ccc2c(c1)c(CCO/N=C/C(O)CO)c(C)n2C(=O)c1ccc(Cl)cc1. The monoisotopic (exact) mass is 430 g/mol. The maximum Gasteiger partial charge on any atom is 0.262 e. The van der Waals surface area contributed by atoms with Gasteiger partial charge in [-0.15, -0.1) is 0 Å². The predicted octanol–water partition coefficient (Wildman–Crippen LogP) is 3.20. The summed E-state index contributed by atoms with van der Waals surface area (Å²) in [6.45, 7) is 1.70. The maximum atomic E-state index is 13.2. The van der Waals surface area contributed by atoms with Gasteiger partial charge in [0.25, 0.3) is 5.91 Å². The number of aromatic nitrogens is 1. The second-order valence-electron chi connectivity index (χ2n) is 6.68. The lowest BCUT2D eigenvalue weighted by Crippen LogP contribution is -2.14. The van der Waals surface area contributed by atoms with Gasteiger partial charge in [0.2, 0.25) is 0 Å². The van der Waals surface area contributed by atoms with Gasteiger partial charge in [-0.1, -0.05) is 16.8 Å². The van der Waals surface area contributed by atoms with Gasteiger partial charge in [-0.2, -0.15) is 0 Å². The van der Waals surface area contributed by atoms with E-state index in [4.69, 9.17) is 26.3 Å². The molecule has 1 aromatic heterocycles.